The van der Waals surface area contributed by atoms with E-state index in [1.807, 2.05) is 51.1 Å². The molecular formula is C29H40N6O5. The lowest BCUT2D eigenvalue weighted by molar-refractivity contribution is -0.142. The number of carbonyl (C=O) groups excluding carboxylic acids is 2. The van der Waals surface area contributed by atoms with E-state index in [0.717, 1.165) is 25.0 Å². The van der Waals surface area contributed by atoms with Crippen LogP contribution in [-0.2, 0) is 20.9 Å². The number of hydrogen-bond acceptors (Lipinski definition) is 8. The first kappa shape index (κ1) is 29.3. The molecule has 1 N–H and O–H groups in total. The number of para-hydroxylation sites is 1. The standard InChI is InChI=1S/C29H40N6O5/c1-6-29(2,3)30-28(37)27(21-11-12-24(38-4)25(19-21)39-5)34(14-13-33-15-17-40-18-16-33)26(36)20-35-23-10-8-7-9-22(23)31-32-35/h7-12,19,27H,6,13-18,20H2,1-5H3,(H,30,37)/t27-/m1/s1. The highest BCUT2D eigenvalue weighted by atomic mass is 16.5. The summed E-state index contributed by atoms with van der Waals surface area (Å²) in [5.74, 6) is 0.515. The van der Waals surface area contributed by atoms with Crippen molar-refractivity contribution in [3.63, 3.8) is 0 Å². The van der Waals surface area contributed by atoms with Crippen molar-refractivity contribution >= 4 is 22.8 Å². The maximum Gasteiger partial charge on any atom is 0.247 e. The third kappa shape index (κ3) is 6.89. The quantitative estimate of drug-likeness (QED) is 0.365. The fourth-order valence-electron chi connectivity index (χ4n) is 4.71. The van der Waals surface area contributed by atoms with Crippen LogP contribution in [0.15, 0.2) is 42.5 Å². The van der Waals surface area contributed by atoms with Gasteiger partial charge in [-0.1, -0.05) is 30.3 Å². The van der Waals surface area contributed by atoms with Crippen LogP contribution in [0.2, 0.25) is 0 Å². The molecule has 1 aliphatic heterocycles. The van der Waals surface area contributed by atoms with E-state index in [1.54, 1.807) is 35.9 Å². The van der Waals surface area contributed by atoms with Crippen molar-refractivity contribution in [3.05, 3.63) is 48.0 Å². The lowest BCUT2D eigenvalue weighted by Crippen LogP contribution is -2.52. The number of benzene rings is 2. The third-order valence-corrected chi connectivity index (χ3v) is 7.42. The summed E-state index contributed by atoms with van der Waals surface area (Å²) in [5, 5.41) is 11.6. The van der Waals surface area contributed by atoms with Gasteiger partial charge >= 0.3 is 0 Å². The lowest BCUT2D eigenvalue weighted by atomic mass is 9.98. The monoisotopic (exact) mass is 552 g/mol. The van der Waals surface area contributed by atoms with Gasteiger partial charge < -0.3 is 24.4 Å². The number of nitrogens with zero attached hydrogens (tertiary/aromatic N) is 5. The molecule has 1 fully saturated rings. The number of morpholine rings is 1. The van der Waals surface area contributed by atoms with Crippen molar-refractivity contribution < 1.29 is 23.8 Å². The molecule has 3 aromatic rings. The zero-order valence-electron chi connectivity index (χ0n) is 24.1. The molecule has 11 nitrogen and oxygen atoms in total. The number of hydrogen-bond donors (Lipinski definition) is 1. The molecule has 11 heteroatoms. The molecule has 1 aromatic heterocycles. The summed E-state index contributed by atoms with van der Waals surface area (Å²) in [6, 6.07) is 11.9. The third-order valence-electron chi connectivity index (χ3n) is 7.42. The fraction of sp³-hybridized carbons (Fsp3) is 0.517. The van der Waals surface area contributed by atoms with Gasteiger partial charge in [0.1, 0.15) is 18.1 Å². The minimum absolute atomic E-state index is 0.0577. The number of fused-ring (bicyclic) bond motifs is 1. The summed E-state index contributed by atoms with van der Waals surface area (Å²) in [6.45, 7) is 9.66. The first-order chi connectivity index (χ1) is 19.3. The molecule has 4 rings (SSSR count). The maximum atomic E-state index is 14.1. The average Bonchev–Trinajstić information content (AvgIpc) is 3.37. The highest BCUT2D eigenvalue weighted by Crippen LogP contribution is 2.33. The number of rotatable bonds is 12. The second-order valence-electron chi connectivity index (χ2n) is 10.5. The summed E-state index contributed by atoms with van der Waals surface area (Å²) < 4.78 is 18.1. The van der Waals surface area contributed by atoms with E-state index in [2.05, 4.69) is 20.5 Å². The molecule has 2 heterocycles. The van der Waals surface area contributed by atoms with Crippen LogP contribution in [-0.4, -0.2) is 95.8 Å². The Balaban J connectivity index is 1.73. The predicted molar refractivity (Wildman–Crippen MR) is 151 cm³/mol. The molecule has 40 heavy (non-hydrogen) atoms. The molecule has 0 radical (unpaired) electrons. The van der Waals surface area contributed by atoms with Crippen molar-refractivity contribution in [2.45, 2.75) is 45.3 Å². The summed E-state index contributed by atoms with van der Waals surface area (Å²) in [6.07, 6.45) is 0.726. The van der Waals surface area contributed by atoms with Gasteiger partial charge in [0.05, 0.1) is 33.0 Å². The minimum Gasteiger partial charge on any atom is -0.493 e. The first-order valence-corrected chi connectivity index (χ1v) is 13.7. The largest absolute Gasteiger partial charge is 0.493 e. The lowest BCUT2D eigenvalue weighted by Gasteiger charge is -2.36. The van der Waals surface area contributed by atoms with E-state index < -0.39 is 11.6 Å². The molecule has 1 aliphatic rings. The van der Waals surface area contributed by atoms with Crippen molar-refractivity contribution in [1.82, 2.24) is 30.1 Å². The van der Waals surface area contributed by atoms with Crippen LogP contribution in [0, 0.1) is 0 Å². The highest BCUT2D eigenvalue weighted by Gasteiger charge is 2.35. The average molecular weight is 553 g/mol. The predicted octanol–water partition coefficient (Wildman–Crippen LogP) is 2.66. The molecule has 1 saturated heterocycles. The van der Waals surface area contributed by atoms with Crippen LogP contribution in [0.4, 0.5) is 0 Å². The Morgan fingerprint density at radius 2 is 1.82 bits per heavy atom. The zero-order chi connectivity index (χ0) is 28.7. The Bertz CT molecular complexity index is 1300. The zero-order valence-corrected chi connectivity index (χ0v) is 24.1. The normalized spacial score (nSPS) is 15.0. The Labute approximate surface area is 235 Å². The Kier molecular flexibility index (Phi) is 9.59. The summed E-state index contributed by atoms with van der Waals surface area (Å²) in [4.78, 5) is 32.0. The van der Waals surface area contributed by atoms with Gasteiger partial charge in [-0.2, -0.15) is 0 Å². The molecule has 2 amide bonds. The van der Waals surface area contributed by atoms with Crippen LogP contribution in [0.5, 0.6) is 11.5 Å². The molecule has 1 atom stereocenters. The summed E-state index contributed by atoms with van der Waals surface area (Å²) in [7, 11) is 3.11. The number of methoxy groups -OCH3 is 2. The van der Waals surface area contributed by atoms with Crippen molar-refractivity contribution in [2.24, 2.45) is 0 Å². The highest BCUT2D eigenvalue weighted by molar-refractivity contribution is 5.89. The maximum absolute atomic E-state index is 14.1. The molecule has 0 saturated carbocycles. The van der Waals surface area contributed by atoms with E-state index >= 15 is 0 Å². The van der Waals surface area contributed by atoms with Gasteiger partial charge in [0.15, 0.2) is 11.5 Å². The topological polar surface area (TPSA) is 111 Å². The van der Waals surface area contributed by atoms with Gasteiger partial charge in [-0.3, -0.25) is 14.5 Å². The van der Waals surface area contributed by atoms with Crippen molar-refractivity contribution in [2.75, 3.05) is 53.6 Å². The molecular weight excluding hydrogens is 512 g/mol. The van der Waals surface area contributed by atoms with E-state index in [1.165, 1.54) is 0 Å². The number of nitrogens with one attached hydrogen (secondary N) is 1. The molecule has 216 valence electrons. The van der Waals surface area contributed by atoms with E-state index in [-0.39, 0.29) is 18.4 Å². The van der Waals surface area contributed by atoms with E-state index in [0.29, 0.717) is 48.9 Å². The number of aromatic nitrogens is 3. The van der Waals surface area contributed by atoms with Gasteiger partial charge in [-0.05, 0) is 50.1 Å². The number of carbonyl (C=O) groups is 2. The van der Waals surface area contributed by atoms with Gasteiger partial charge in [-0.25, -0.2) is 4.68 Å². The van der Waals surface area contributed by atoms with Gasteiger partial charge in [0.2, 0.25) is 11.8 Å². The van der Waals surface area contributed by atoms with Gasteiger partial charge in [0.25, 0.3) is 0 Å². The van der Waals surface area contributed by atoms with Crippen LogP contribution >= 0.6 is 0 Å². The Morgan fingerprint density at radius 3 is 2.52 bits per heavy atom. The first-order valence-electron chi connectivity index (χ1n) is 13.7. The number of ether oxygens (including phenoxy) is 3. The van der Waals surface area contributed by atoms with Crippen molar-refractivity contribution in [3.8, 4) is 11.5 Å². The second-order valence-corrected chi connectivity index (χ2v) is 10.5. The fourth-order valence-corrected chi connectivity index (χ4v) is 4.71. The van der Waals surface area contributed by atoms with Crippen LogP contribution in [0.25, 0.3) is 11.0 Å². The molecule has 0 unspecified atom stereocenters. The van der Waals surface area contributed by atoms with Crippen molar-refractivity contribution in [1.29, 1.82) is 0 Å². The molecule has 0 aliphatic carbocycles. The van der Waals surface area contributed by atoms with E-state index in [9.17, 15) is 9.59 Å². The van der Waals surface area contributed by atoms with Crippen LogP contribution in [0.3, 0.4) is 0 Å². The van der Waals surface area contributed by atoms with Gasteiger partial charge in [0, 0.05) is 31.7 Å². The summed E-state index contributed by atoms with van der Waals surface area (Å²) >= 11 is 0. The molecule has 0 spiro atoms. The van der Waals surface area contributed by atoms with Crippen LogP contribution in [0.1, 0.15) is 38.8 Å². The van der Waals surface area contributed by atoms with E-state index in [4.69, 9.17) is 14.2 Å². The Morgan fingerprint density at radius 1 is 1.10 bits per heavy atom. The SMILES string of the molecule is CCC(C)(C)NC(=O)[C@@H](c1ccc(OC)c(OC)c1)N(CCN1CCOCC1)C(=O)Cn1nnc2ccccc21. The van der Waals surface area contributed by atoms with Crippen LogP contribution < -0.4 is 14.8 Å². The minimum atomic E-state index is -0.908. The smallest absolute Gasteiger partial charge is 0.247 e. The molecule has 0 bridgehead atoms. The summed E-state index contributed by atoms with van der Waals surface area (Å²) in [5.41, 5.74) is 1.62. The van der Waals surface area contributed by atoms with Gasteiger partial charge in [-0.15, -0.1) is 5.10 Å². The second kappa shape index (κ2) is 13.1. The number of amides is 2. The molecule has 2 aromatic carbocycles. The Hall–Kier alpha value is -3.70.